The Labute approximate surface area is 74.8 Å². The molecule has 12 heavy (non-hydrogen) atoms. The standard InChI is InChI=1S/C8H9ClFNO/c9-6-3-1-2-5(8(6)10)7(12)4-11/h1-3,7,12H,4,11H2. The minimum absolute atomic E-state index is 0.000000000000000222. The zero-order valence-corrected chi connectivity index (χ0v) is 7.05. The molecule has 0 amide bonds. The van der Waals surface area contributed by atoms with E-state index in [2.05, 4.69) is 0 Å². The van der Waals surface area contributed by atoms with Crippen LogP contribution in [0.25, 0.3) is 0 Å². The summed E-state index contributed by atoms with van der Waals surface area (Å²) in [4.78, 5) is 0. The topological polar surface area (TPSA) is 46.2 Å². The Balaban J connectivity index is 3.07. The molecule has 0 aliphatic rings. The molecule has 0 aromatic heterocycles. The Bertz CT molecular complexity index is 280. The maximum absolute atomic E-state index is 13.1. The van der Waals surface area contributed by atoms with Crippen LogP contribution in [0.1, 0.15) is 11.7 Å². The smallest absolute Gasteiger partial charge is 0.147 e. The zero-order valence-electron chi connectivity index (χ0n) is 6.30. The number of aliphatic hydroxyl groups is 1. The first-order valence-corrected chi connectivity index (χ1v) is 3.86. The first kappa shape index (κ1) is 9.45. The summed E-state index contributed by atoms with van der Waals surface area (Å²) in [6, 6.07) is 4.45. The number of aliphatic hydroxyl groups excluding tert-OH is 1. The van der Waals surface area contributed by atoms with E-state index in [-0.39, 0.29) is 17.1 Å². The van der Waals surface area contributed by atoms with Gasteiger partial charge in [0.2, 0.25) is 0 Å². The Morgan fingerprint density at radius 2 is 2.25 bits per heavy atom. The normalized spacial score (nSPS) is 13.0. The molecular weight excluding hydrogens is 181 g/mol. The lowest BCUT2D eigenvalue weighted by Gasteiger charge is -2.09. The van der Waals surface area contributed by atoms with Gasteiger partial charge in [0, 0.05) is 12.1 Å². The summed E-state index contributed by atoms with van der Waals surface area (Å²) in [6.45, 7) is -0.0166. The second kappa shape index (κ2) is 3.85. The Morgan fingerprint density at radius 1 is 1.58 bits per heavy atom. The van der Waals surface area contributed by atoms with Crippen molar-refractivity contribution in [2.45, 2.75) is 6.10 Å². The SMILES string of the molecule is NCC(O)c1cccc(Cl)c1F. The highest BCUT2D eigenvalue weighted by Gasteiger charge is 2.12. The van der Waals surface area contributed by atoms with Crippen LogP contribution in [0.5, 0.6) is 0 Å². The quantitative estimate of drug-likeness (QED) is 0.740. The van der Waals surface area contributed by atoms with Crippen molar-refractivity contribution in [3.05, 3.63) is 34.6 Å². The molecule has 66 valence electrons. The summed E-state index contributed by atoms with van der Waals surface area (Å²) < 4.78 is 13.1. The molecule has 1 aromatic carbocycles. The highest BCUT2D eigenvalue weighted by atomic mass is 35.5. The van der Waals surface area contributed by atoms with E-state index in [0.717, 1.165) is 0 Å². The minimum Gasteiger partial charge on any atom is -0.387 e. The summed E-state index contributed by atoms with van der Waals surface area (Å²) in [7, 11) is 0. The van der Waals surface area contributed by atoms with Gasteiger partial charge in [-0.15, -0.1) is 0 Å². The van der Waals surface area contributed by atoms with Crippen LogP contribution in [0.3, 0.4) is 0 Å². The molecule has 2 nitrogen and oxygen atoms in total. The number of nitrogens with two attached hydrogens (primary N) is 1. The van der Waals surface area contributed by atoms with Gasteiger partial charge in [0.1, 0.15) is 5.82 Å². The molecule has 1 atom stereocenters. The average Bonchev–Trinajstić information content (AvgIpc) is 2.08. The molecule has 1 rings (SSSR count). The zero-order chi connectivity index (χ0) is 9.14. The minimum atomic E-state index is -0.983. The molecule has 0 bridgehead atoms. The number of hydrogen-bond donors (Lipinski definition) is 2. The third-order valence-electron chi connectivity index (χ3n) is 1.56. The molecular formula is C8H9ClFNO. The van der Waals surface area contributed by atoms with E-state index in [1.165, 1.54) is 12.1 Å². The van der Waals surface area contributed by atoms with Crippen LogP contribution in [-0.2, 0) is 0 Å². The van der Waals surface area contributed by atoms with E-state index < -0.39 is 11.9 Å². The van der Waals surface area contributed by atoms with Crippen molar-refractivity contribution in [2.75, 3.05) is 6.54 Å². The van der Waals surface area contributed by atoms with E-state index in [1.54, 1.807) is 6.07 Å². The van der Waals surface area contributed by atoms with Crippen molar-refractivity contribution in [3.63, 3.8) is 0 Å². The van der Waals surface area contributed by atoms with Crippen molar-refractivity contribution in [3.8, 4) is 0 Å². The van der Waals surface area contributed by atoms with Crippen molar-refractivity contribution in [1.82, 2.24) is 0 Å². The third kappa shape index (κ3) is 1.75. The second-order valence-electron chi connectivity index (χ2n) is 2.39. The van der Waals surface area contributed by atoms with E-state index in [9.17, 15) is 9.50 Å². The van der Waals surface area contributed by atoms with Crippen molar-refractivity contribution in [1.29, 1.82) is 0 Å². The Hall–Kier alpha value is -0.640. The third-order valence-corrected chi connectivity index (χ3v) is 1.86. The fourth-order valence-corrected chi connectivity index (χ4v) is 1.09. The summed E-state index contributed by atoms with van der Waals surface area (Å²) in [5, 5.41) is 9.21. The van der Waals surface area contributed by atoms with Gasteiger partial charge in [0.05, 0.1) is 11.1 Å². The molecule has 0 saturated heterocycles. The molecule has 3 N–H and O–H groups in total. The fourth-order valence-electron chi connectivity index (χ4n) is 0.905. The van der Waals surface area contributed by atoms with Gasteiger partial charge in [0.15, 0.2) is 0 Å². The highest BCUT2D eigenvalue weighted by molar-refractivity contribution is 6.30. The lowest BCUT2D eigenvalue weighted by molar-refractivity contribution is 0.182. The average molecular weight is 190 g/mol. The predicted octanol–water partition coefficient (Wildman–Crippen LogP) is 1.47. The number of halogens is 2. The summed E-state index contributed by atoms with van der Waals surface area (Å²) in [5.74, 6) is -0.600. The van der Waals surface area contributed by atoms with Gasteiger partial charge in [-0.3, -0.25) is 0 Å². The Morgan fingerprint density at radius 3 is 2.83 bits per heavy atom. The maximum Gasteiger partial charge on any atom is 0.147 e. The summed E-state index contributed by atoms with van der Waals surface area (Å²) in [6.07, 6.45) is -0.983. The van der Waals surface area contributed by atoms with E-state index in [0.29, 0.717) is 0 Å². The van der Waals surface area contributed by atoms with E-state index >= 15 is 0 Å². The van der Waals surface area contributed by atoms with Crippen LogP contribution >= 0.6 is 11.6 Å². The second-order valence-corrected chi connectivity index (χ2v) is 2.80. The van der Waals surface area contributed by atoms with Crippen LogP contribution in [0.4, 0.5) is 4.39 Å². The van der Waals surface area contributed by atoms with Crippen molar-refractivity contribution >= 4 is 11.6 Å². The largest absolute Gasteiger partial charge is 0.387 e. The lowest BCUT2D eigenvalue weighted by Crippen LogP contribution is -2.13. The highest BCUT2D eigenvalue weighted by Crippen LogP contribution is 2.22. The van der Waals surface area contributed by atoms with Gasteiger partial charge in [-0.2, -0.15) is 0 Å². The van der Waals surface area contributed by atoms with Crippen molar-refractivity contribution in [2.24, 2.45) is 5.73 Å². The summed E-state index contributed by atoms with van der Waals surface area (Å²) in [5.41, 5.74) is 5.31. The van der Waals surface area contributed by atoms with Gasteiger partial charge >= 0.3 is 0 Å². The van der Waals surface area contributed by atoms with Gasteiger partial charge in [-0.05, 0) is 6.07 Å². The number of rotatable bonds is 2. The predicted molar refractivity (Wildman–Crippen MR) is 45.4 cm³/mol. The fraction of sp³-hybridized carbons (Fsp3) is 0.250. The molecule has 0 aliphatic carbocycles. The van der Waals surface area contributed by atoms with Crippen LogP contribution < -0.4 is 5.73 Å². The molecule has 0 heterocycles. The van der Waals surface area contributed by atoms with Gasteiger partial charge in [-0.1, -0.05) is 23.7 Å². The first-order chi connectivity index (χ1) is 5.66. The molecule has 0 radical (unpaired) electrons. The molecule has 0 saturated carbocycles. The maximum atomic E-state index is 13.1. The Kier molecular flexibility index (Phi) is 3.03. The lowest BCUT2D eigenvalue weighted by atomic mass is 10.1. The molecule has 0 fully saturated rings. The number of benzene rings is 1. The molecule has 1 unspecified atom stereocenters. The van der Waals surface area contributed by atoms with Gasteiger partial charge in [0.25, 0.3) is 0 Å². The van der Waals surface area contributed by atoms with Gasteiger partial charge in [-0.25, -0.2) is 4.39 Å². The van der Waals surface area contributed by atoms with Crippen LogP contribution in [-0.4, -0.2) is 11.7 Å². The monoisotopic (exact) mass is 189 g/mol. The van der Waals surface area contributed by atoms with E-state index in [1.807, 2.05) is 0 Å². The molecule has 0 spiro atoms. The molecule has 4 heteroatoms. The molecule has 0 aliphatic heterocycles. The number of hydrogen-bond acceptors (Lipinski definition) is 2. The van der Waals surface area contributed by atoms with Crippen molar-refractivity contribution < 1.29 is 9.50 Å². The first-order valence-electron chi connectivity index (χ1n) is 3.49. The van der Waals surface area contributed by atoms with Gasteiger partial charge < -0.3 is 10.8 Å². The van der Waals surface area contributed by atoms with Crippen LogP contribution in [0.2, 0.25) is 5.02 Å². The van der Waals surface area contributed by atoms with Crippen LogP contribution in [0.15, 0.2) is 18.2 Å². The molecule has 1 aromatic rings. The summed E-state index contributed by atoms with van der Waals surface area (Å²) >= 11 is 5.49. The van der Waals surface area contributed by atoms with Crippen LogP contribution in [0, 0.1) is 5.82 Å². The van der Waals surface area contributed by atoms with E-state index in [4.69, 9.17) is 17.3 Å².